The molecule has 2 fully saturated rings. The molecule has 202 valence electrons. The van der Waals surface area contributed by atoms with Gasteiger partial charge in [-0.05, 0) is 44.0 Å². The standard InChI is InChI=1S/C27H29N7O5/c1-16(35)26(37)33-8-6-18(7-9-33)34-24-19(25(36)31-27(34)38)15-28-21-4-3-20(30-23(21)24)17-2-5-22(29-14-17)32-10-12-39-13-11-32/h2-5,14-16,18,35H,6-13H2,1H3,(H,31,36,38)/t16-/m1/s1. The van der Waals surface area contributed by atoms with E-state index in [0.717, 1.165) is 24.5 Å². The van der Waals surface area contributed by atoms with Gasteiger partial charge in [-0.1, -0.05) is 0 Å². The van der Waals surface area contributed by atoms with Crippen molar-refractivity contribution in [3.63, 3.8) is 0 Å². The topological polar surface area (TPSA) is 147 Å². The van der Waals surface area contributed by atoms with Gasteiger partial charge in [0.05, 0.1) is 35.3 Å². The van der Waals surface area contributed by atoms with Gasteiger partial charge in [0.1, 0.15) is 17.4 Å². The van der Waals surface area contributed by atoms with E-state index in [0.29, 0.717) is 61.4 Å². The number of ether oxygens (including phenoxy) is 1. The maximum atomic E-state index is 13.2. The summed E-state index contributed by atoms with van der Waals surface area (Å²) in [5, 5.41) is 9.95. The summed E-state index contributed by atoms with van der Waals surface area (Å²) in [6.45, 7) is 5.16. The van der Waals surface area contributed by atoms with Crippen LogP contribution in [-0.2, 0) is 9.53 Å². The minimum absolute atomic E-state index is 0.263. The minimum Gasteiger partial charge on any atom is -0.384 e. The molecule has 1 atom stereocenters. The first-order valence-electron chi connectivity index (χ1n) is 13.1. The second-order valence-corrected chi connectivity index (χ2v) is 9.95. The molecule has 0 saturated carbocycles. The van der Waals surface area contributed by atoms with Gasteiger partial charge in [-0.2, -0.15) is 0 Å². The molecule has 0 aliphatic carbocycles. The number of carbonyl (C=O) groups is 1. The van der Waals surface area contributed by atoms with E-state index in [-0.39, 0.29) is 17.3 Å². The highest BCUT2D eigenvalue weighted by Crippen LogP contribution is 2.29. The first kappa shape index (κ1) is 25.1. The van der Waals surface area contributed by atoms with Gasteiger partial charge < -0.3 is 19.6 Å². The van der Waals surface area contributed by atoms with E-state index in [1.54, 1.807) is 15.7 Å². The van der Waals surface area contributed by atoms with E-state index in [4.69, 9.17) is 9.72 Å². The van der Waals surface area contributed by atoms with E-state index >= 15 is 0 Å². The van der Waals surface area contributed by atoms with E-state index in [1.165, 1.54) is 13.1 Å². The number of nitrogens with one attached hydrogen (secondary N) is 1. The van der Waals surface area contributed by atoms with Crippen molar-refractivity contribution in [1.29, 1.82) is 0 Å². The van der Waals surface area contributed by atoms with Crippen LogP contribution in [0.4, 0.5) is 5.82 Å². The summed E-state index contributed by atoms with van der Waals surface area (Å²) < 4.78 is 7.01. The zero-order valence-electron chi connectivity index (χ0n) is 21.5. The highest BCUT2D eigenvalue weighted by Gasteiger charge is 2.28. The predicted octanol–water partition coefficient (Wildman–Crippen LogP) is 1.08. The lowest BCUT2D eigenvalue weighted by molar-refractivity contribution is -0.140. The molecule has 0 bridgehead atoms. The monoisotopic (exact) mass is 531 g/mol. The first-order chi connectivity index (χ1) is 18.9. The first-order valence-corrected chi connectivity index (χ1v) is 13.1. The lowest BCUT2D eigenvalue weighted by Gasteiger charge is -2.34. The Morgan fingerprint density at radius 3 is 2.51 bits per heavy atom. The number of carbonyl (C=O) groups excluding carboxylic acids is 1. The molecule has 4 aromatic rings. The molecule has 0 aromatic carbocycles. The largest absolute Gasteiger partial charge is 0.384 e. The lowest BCUT2D eigenvalue weighted by Crippen LogP contribution is -2.45. The number of rotatable bonds is 4. The summed E-state index contributed by atoms with van der Waals surface area (Å²) in [5.74, 6) is 0.539. The van der Waals surface area contributed by atoms with Crippen LogP contribution in [0.25, 0.3) is 33.2 Å². The number of H-pyrrole nitrogens is 1. The molecule has 2 N–H and O–H groups in total. The fraction of sp³-hybridized carbons (Fsp3) is 0.407. The number of anilines is 1. The van der Waals surface area contributed by atoms with Gasteiger partial charge in [0, 0.05) is 50.2 Å². The summed E-state index contributed by atoms with van der Waals surface area (Å²) in [6.07, 6.45) is 3.16. The molecule has 12 heteroatoms. The maximum Gasteiger partial charge on any atom is 0.329 e. The van der Waals surface area contributed by atoms with Crippen molar-refractivity contribution in [2.45, 2.75) is 31.9 Å². The zero-order valence-corrected chi connectivity index (χ0v) is 21.5. The molecule has 0 unspecified atom stereocenters. The summed E-state index contributed by atoms with van der Waals surface area (Å²) in [5.41, 5.74) is 1.84. The number of aromatic nitrogens is 5. The molecule has 4 aromatic heterocycles. The molecule has 6 rings (SSSR count). The number of hydrogen-bond donors (Lipinski definition) is 2. The summed E-state index contributed by atoms with van der Waals surface area (Å²) in [4.78, 5) is 58.4. The van der Waals surface area contributed by atoms with E-state index < -0.39 is 17.4 Å². The number of aliphatic hydroxyl groups excluding tert-OH is 1. The fourth-order valence-electron chi connectivity index (χ4n) is 5.42. The molecule has 39 heavy (non-hydrogen) atoms. The Kier molecular flexibility index (Phi) is 6.57. The van der Waals surface area contributed by atoms with E-state index in [9.17, 15) is 19.5 Å². The molecular weight excluding hydrogens is 502 g/mol. The number of hydrogen-bond acceptors (Lipinski definition) is 9. The van der Waals surface area contributed by atoms with Crippen molar-refractivity contribution >= 4 is 33.7 Å². The Morgan fingerprint density at radius 2 is 1.82 bits per heavy atom. The van der Waals surface area contributed by atoms with Crippen LogP contribution >= 0.6 is 0 Å². The van der Waals surface area contributed by atoms with Crippen LogP contribution < -0.4 is 16.1 Å². The van der Waals surface area contributed by atoms with Crippen LogP contribution in [0, 0.1) is 0 Å². The van der Waals surface area contributed by atoms with Gasteiger partial charge >= 0.3 is 5.69 Å². The van der Waals surface area contributed by atoms with Crippen LogP contribution in [0.5, 0.6) is 0 Å². The average molecular weight is 532 g/mol. The molecule has 0 spiro atoms. The predicted molar refractivity (Wildman–Crippen MR) is 145 cm³/mol. The van der Waals surface area contributed by atoms with Gasteiger partial charge in [0.25, 0.3) is 11.5 Å². The average Bonchev–Trinajstić information content (AvgIpc) is 2.97. The number of piperidine rings is 1. The number of likely N-dealkylation sites (tertiary alicyclic amines) is 1. The van der Waals surface area contributed by atoms with Crippen molar-refractivity contribution in [2.24, 2.45) is 0 Å². The van der Waals surface area contributed by atoms with E-state index in [1.807, 2.05) is 24.3 Å². The van der Waals surface area contributed by atoms with Crippen molar-refractivity contribution in [1.82, 2.24) is 29.4 Å². The molecule has 12 nitrogen and oxygen atoms in total. The Labute approximate surface area is 222 Å². The molecule has 1 amide bonds. The Bertz CT molecular complexity index is 1650. The molecule has 2 saturated heterocycles. The third-order valence-electron chi connectivity index (χ3n) is 7.49. The minimum atomic E-state index is -1.08. The van der Waals surface area contributed by atoms with Crippen LogP contribution in [-0.4, -0.2) is 85.9 Å². The number of nitrogens with zero attached hydrogens (tertiary/aromatic N) is 6. The Hall–Kier alpha value is -4.16. The second kappa shape index (κ2) is 10.2. The number of pyridine rings is 3. The Morgan fingerprint density at radius 1 is 1.05 bits per heavy atom. The molecule has 2 aliphatic rings. The number of aliphatic hydroxyl groups is 1. The molecule has 0 radical (unpaired) electrons. The van der Waals surface area contributed by atoms with Gasteiger partial charge in [0.2, 0.25) is 0 Å². The molecule has 2 aliphatic heterocycles. The van der Waals surface area contributed by atoms with Gasteiger partial charge in [-0.15, -0.1) is 0 Å². The SMILES string of the molecule is C[C@@H](O)C(=O)N1CCC(n2c(=O)[nH]c(=O)c3cnc4ccc(-c5ccc(N6CCOCC6)nc5)nc4c32)CC1. The summed E-state index contributed by atoms with van der Waals surface area (Å²) >= 11 is 0. The lowest BCUT2D eigenvalue weighted by atomic mass is 10.0. The summed E-state index contributed by atoms with van der Waals surface area (Å²) in [7, 11) is 0. The zero-order chi connectivity index (χ0) is 27.1. The normalized spacial score (nSPS) is 17.6. The van der Waals surface area contributed by atoms with Crippen molar-refractivity contribution in [2.75, 3.05) is 44.3 Å². The number of aromatic amines is 1. The quantitative estimate of drug-likeness (QED) is 0.369. The number of amides is 1. The second-order valence-electron chi connectivity index (χ2n) is 9.95. The van der Waals surface area contributed by atoms with Crippen LogP contribution in [0.15, 0.2) is 46.2 Å². The van der Waals surface area contributed by atoms with Gasteiger partial charge in [-0.3, -0.25) is 24.1 Å². The Balaban J connectivity index is 1.41. The van der Waals surface area contributed by atoms with Crippen LogP contribution in [0.1, 0.15) is 25.8 Å². The van der Waals surface area contributed by atoms with Gasteiger partial charge in [-0.25, -0.2) is 14.8 Å². The number of fused-ring (bicyclic) bond motifs is 3. The van der Waals surface area contributed by atoms with Crippen molar-refractivity contribution in [3.8, 4) is 11.3 Å². The fourth-order valence-corrected chi connectivity index (χ4v) is 5.42. The third-order valence-corrected chi connectivity index (χ3v) is 7.49. The highest BCUT2D eigenvalue weighted by atomic mass is 16.5. The van der Waals surface area contributed by atoms with E-state index in [2.05, 4.69) is 19.9 Å². The van der Waals surface area contributed by atoms with Gasteiger partial charge in [0.15, 0.2) is 0 Å². The van der Waals surface area contributed by atoms with Crippen molar-refractivity contribution in [3.05, 3.63) is 57.5 Å². The molecular formula is C27H29N7O5. The van der Waals surface area contributed by atoms with Crippen LogP contribution in [0.2, 0.25) is 0 Å². The highest BCUT2D eigenvalue weighted by molar-refractivity contribution is 6.01. The summed E-state index contributed by atoms with van der Waals surface area (Å²) in [6, 6.07) is 7.33. The van der Waals surface area contributed by atoms with Crippen molar-refractivity contribution < 1.29 is 14.6 Å². The maximum absolute atomic E-state index is 13.2. The third kappa shape index (κ3) is 4.66. The smallest absolute Gasteiger partial charge is 0.329 e. The molecule has 6 heterocycles. The van der Waals surface area contributed by atoms with Crippen LogP contribution in [0.3, 0.4) is 0 Å². The number of morpholine rings is 1.